The monoisotopic (exact) mass is 413 g/mol. The summed E-state index contributed by atoms with van der Waals surface area (Å²) in [5.41, 5.74) is 0. The number of thiophene rings is 1. The Labute approximate surface area is 133 Å². The van der Waals surface area contributed by atoms with Crippen molar-refractivity contribution < 1.29 is 4.79 Å². The van der Waals surface area contributed by atoms with Gasteiger partial charge in [-0.2, -0.15) is 0 Å². The van der Waals surface area contributed by atoms with E-state index in [2.05, 4.69) is 31.9 Å². The van der Waals surface area contributed by atoms with Crippen LogP contribution in [0.25, 0.3) is 0 Å². The van der Waals surface area contributed by atoms with Gasteiger partial charge in [0.1, 0.15) is 0 Å². The average molecular weight is 416 g/mol. The second-order valence-corrected chi connectivity index (χ2v) is 7.96. The Morgan fingerprint density at radius 1 is 1.56 bits per heavy atom. The quantitative estimate of drug-likeness (QED) is 0.641. The van der Waals surface area contributed by atoms with Crippen molar-refractivity contribution in [2.24, 2.45) is 0 Å². The Bertz CT molecular complexity index is 418. The molecule has 0 N–H and O–H groups in total. The third-order valence-electron chi connectivity index (χ3n) is 3.16. The van der Waals surface area contributed by atoms with Gasteiger partial charge in [-0.1, -0.05) is 0 Å². The molecular weight excluding hydrogens is 401 g/mol. The molecule has 1 amide bonds. The minimum Gasteiger partial charge on any atom is -0.335 e. The van der Waals surface area contributed by atoms with Gasteiger partial charge in [0.25, 0.3) is 5.91 Å². The minimum atomic E-state index is 0.156. The van der Waals surface area contributed by atoms with E-state index in [-0.39, 0.29) is 5.91 Å². The van der Waals surface area contributed by atoms with Crippen LogP contribution in [0.3, 0.4) is 0 Å². The molecule has 100 valence electrons. The first kappa shape index (κ1) is 14.8. The number of halogens is 3. The number of likely N-dealkylation sites (tertiary alicyclic amines) is 1. The maximum absolute atomic E-state index is 12.4. The first-order chi connectivity index (χ1) is 8.63. The molecule has 2 nitrogen and oxygen atoms in total. The van der Waals surface area contributed by atoms with Gasteiger partial charge in [-0.3, -0.25) is 4.79 Å². The van der Waals surface area contributed by atoms with Gasteiger partial charge in [-0.05, 0) is 63.6 Å². The maximum atomic E-state index is 12.4. The lowest BCUT2D eigenvalue weighted by Crippen LogP contribution is -2.35. The average Bonchev–Trinajstić information content (AvgIpc) is 2.94. The Morgan fingerprint density at radius 3 is 2.94 bits per heavy atom. The van der Waals surface area contributed by atoms with Crippen molar-refractivity contribution in [2.45, 2.75) is 31.7 Å². The molecule has 1 atom stereocenters. The van der Waals surface area contributed by atoms with Crippen molar-refractivity contribution in [3.63, 3.8) is 0 Å². The van der Waals surface area contributed by atoms with E-state index in [1.54, 1.807) is 0 Å². The number of carbonyl (C=O) groups is 1. The molecule has 2 rings (SSSR count). The highest BCUT2D eigenvalue weighted by Gasteiger charge is 2.29. The van der Waals surface area contributed by atoms with Crippen molar-refractivity contribution >= 4 is 60.7 Å². The Hall–Kier alpha value is 0.420. The predicted molar refractivity (Wildman–Crippen MR) is 83.7 cm³/mol. The van der Waals surface area contributed by atoms with Crippen LogP contribution in [0.5, 0.6) is 0 Å². The fraction of sp³-hybridized carbons (Fsp3) is 0.583. The number of nitrogens with zero attached hydrogens (tertiary/aromatic N) is 1. The Balaban J connectivity index is 2.07. The number of hydrogen-bond donors (Lipinski definition) is 0. The number of amides is 1. The number of alkyl halides is 1. The van der Waals surface area contributed by atoms with Gasteiger partial charge in [-0.25, -0.2) is 0 Å². The Morgan fingerprint density at radius 2 is 2.33 bits per heavy atom. The van der Waals surface area contributed by atoms with E-state index < -0.39 is 0 Å². The molecule has 1 fully saturated rings. The fourth-order valence-electron chi connectivity index (χ4n) is 2.31. The molecule has 1 aromatic heterocycles. The summed E-state index contributed by atoms with van der Waals surface area (Å²) in [6.45, 7) is 0.874. The van der Waals surface area contributed by atoms with Crippen LogP contribution in [0.4, 0.5) is 0 Å². The summed E-state index contributed by atoms with van der Waals surface area (Å²) in [6, 6.07) is 2.27. The van der Waals surface area contributed by atoms with Crippen LogP contribution in [0.1, 0.15) is 35.4 Å². The van der Waals surface area contributed by atoms with Gasteiger partial charge in [-0.15, -0.1) is 22.9 Å². The summed E-state index contributed by atoms with van der Waals surface area (Å²) >= 11 is 14.1. The molecular formula is C12H14Br2ClNOS. The molecule has 1 saturated heterocycles. The summed E-state index contributed by atoms with van der Waals surface area (Å²) in [5.74, 6) is 0.831. The lowest BCUT2D eigenvalue weighted by atomic mass is 10.1. The van der Waals surface area contributed by atoms with E-state index in [4.69, 9.17) is 11.6 Å². The van der Waals surface area contributed by atoms with Crippen molar-refractivity contribution in [3.05, 3.63) is 19.2 Å². The molecule has 1 aliphatic heterocycles. The fourth-order valence-corrected chi connectivity index (χ4v) is 4.46. The van der Waals surface area contributed by atoms with Crippen LogP contribution < -0.4 is 0 Å². The molecule has 2 heterocycles. The lowest BCUT2D eigenvalue weighted by Gasteiger charge is -2.23. The van der Waals surface area contributed by atoms with E-state index in [1.807, 2.05) is 11.0 Å². The lowest BCUT2D eigenvalue weighted by molar-refractivity contribution is 0.0735. The molecule has 0 aliphatic carbocycles. The topological polar surface area (TPSA) is 20.3 Å². The molecule has 0 bridgehead atoms. The zero-order valence-electron chi connectivity index (χ0n) is 9.79. The normalized spacial score (nSPS) is 19.5. The van der Waals surface area contributed by atoms with Crippen molar-refractivity contribution in [1.29, 1.82) is 0 Å². The van der Waals surface area contributed by atoms with Gasteiger partial charge in [0.05, 0.1) is 8.66 Å². The zero-order chi connectivity index (χ0) is 13.1. The molecule has 1 unspecified atom stereocenters. The summed E-state index contributed by atoms with van der Waals surface area (Å²) in [5, 5.41) is 0. The molecule has 1 aliphatic rings. The second-order valence-electron chi connectivity index (χ2n) is 4.36. The molecule has 0 saturated carbocycles. The number of rotatable bonds is 4. The molecule has 18 heavy (non-hydrogen) atoms. The van der Waals surface area contributed by atoms with Crippen molar-refractivity contribution in [3.8, 4) is 0 Å². The van der Waals surface area contributed by atoms with Gasteiger partial charge in [0.2, 0.25) is 0 Å². The van der Waals surface area contributed by atoms with Crippen LogP contribution in [-0.2, 0) is 0 Å². The molecule has 0 spiro atoms. The van der Waals surface area contributed by atoms with E-state index in [9.17, 15) is 4.79 Å². The highest BCUT2D eigenvalue weighted by atomic mass is 79.9. The van der Waals surface area contributed by atoms with Gasteiger partial charge < -0.3 is 4.90 Å². The van der Waals surface area contributed by atoms with Gasteiger partial charge in [0.15, 0.2) is 0 Å². The summed E-state index contributed by atoms with van der Waals surface area (Å²) in [4.78, 5) is 15.3. The second kappa shape index (κ2) is 6.73. The largest absolute Gasteiger partial charge is 0.335 e. The number of hydrogen-bond acceptors (Lipinski definition) is 2. The molecule has 6 heteroatoms. The summed E-state index contributed by atoms with van der Waals surface area (Å²) in [7, 11) is 0. The maximum Gasteiger partial charge on any atom is 0.264 e. The zero-order valence-corrected chi connectivity index (χ0v) is 14.5. The van der Waals surface area contributed by atoms with E-state index in [0.717, 1.165) is 45.4 Å². The van der Waals surface area contributed by atoms with E-state index in [1.165, 1.54) is 11.3 Å². The minimum absolute atomic E-state index is 0.156. The standard InChI is InChI=1S/C12H14Br2ClNOS/c13-9-7-10(18-11(9)14)12(17)16-6-2-4-8(16)3-1-5-15/h7-8H,1-6H2. The highest BCUT2D eigenvalue weighted by molar-refractivity contribution is 9.13. The van der Waals surface area contributed by atoms with Crippen LogP contribution in [-0.4, -0.2) is 29.3 Å². The third kappa shape index (κ3) is 3.30. The molecule has 0 aromatic carbocycles. The number of carbonyl (C=O) groups excluding carboxylic acids is 1. The summed E-state index contributed by atoms with van der Waals surface area (Å²) < 4.78 is 1.93. The van der Waals surface area contributed by atoms with Crippen LogP contribution in [0, 0.1) is 0 Å². The van der Waals surface area contributed by atoms with E-state index in [0.29, 0.717) is 11.9 Å². The third-order valence-corrected chi connectivity index (χ3v) is 6.68. The predicted octanol–water partition coefficient (Wildman–Crippen LogP) is 4.90. The molecule has 1 aromatic rings. The smallest absolute Gasteiger partial charge is 0.264 e. The van der Waals surface area contributed by atoms with Gasteiger partial charge in [0, 0.05) is 22.9 Å². The summed E-state index contributed by atoms with van der Waals surface area (Å²) in [6.07, 6.45) is 4.21. The molecule has 0 radical (unpaired) electrons. The Kier molecular flexibility index (Phi) is 5.54. The van der Waals surface area contributed by atoms with Crippen LogP contribution in [0.2, 0.25) is 0 Å². The first-order valence-corrected chi connectivity index (χ1v) is 8.89. The van der Waals surface area contributed by atoms with Crippen molar-refractivity contribution in [1.82, 2.24) is 4.90 Å². The van der Waals surface area contributed by atoms with Gasteiger partial charge >= 0.3 is 0 Å². The SMILES string of the molecule is O=C(c1cc(Br)c(Br)s1)N1CCCC1CCCCl. The van der Waals surface area contributed by atoms with Crippen molar-refractivity contribution in [2.75, 3.05) is 12.4 Å². The van der Waals surface area contributed by atoms with E-state index >= 15 is 0 Å². The first-order valence-electron chi connectivity index (χ1n) is 5.95. The highest BCUT2D eigenvalue weighted by Crippen LogP contribution is 2.34. The van der Waals surface area contributed by atoms with Crippen LogP contribution >= 0.6 is 54.8 Å². The van der Waals surface area contributed by atoms with Crippen LogP contribution in [0.15, 0.2) is 14.3 Å².